The number of amides is 1. The van der Waals surface area contributed by atoms with E-state index in [1.165, 1.54) is 0 Å². The smallest absolute Gasteiger partial charge is 0.256 e. The molecule has 0 radical (unpaired) electrons. The van der Waals surface area contributed by atoms with Crippen LogP contribution in [-0.2, 0) is 6.61 Å². The number of rotatable bonds is 1. The lowest BCUT2D eigenvalue weighted by Crippen LogP contribution is -2.11. The highest BCUT2D eigenvalue weighted by Gasteiger charge is 2.19. The Kier molecular flexibility index (Phi) is 2.81. The number of fused-ring (bicyclic) bond motifs is 2. The highest BCUT2D eigenvalue weighted by molar-refractivity contribution is 7.99. The quantitative estimate of drug-likeness (QED) is 0.826. The lowest BCUT2D eigenvalue weighted by Gasteiger charge is -2.07. The molecule has 18 heavy (non-hydrogen) atoms. The van der Waals surface area contributed by atoms with E-state index in [0.717, 1.165) is 21.0 Å². The molecule has 2 aromatic rings. The van der Waals surface area contributed by atoms with E-state index in [0.29, 0.717) is 5.56 Å². The lowest BCUT2D eigenvalue weighted by atomic mass is 10.2. The first-order valence-electron chi connectivity index (χ1n) is 5.60. The molecule has 1 amide bonds. The van der Waals surface area contributed by atoms with Gasteiger partial charge >= 0.3 is 0 Å². The second-order valence-corrected chi connectivity index (χ2v) is 5.12. The van der Waals surface area contributed by atoms with Gasteiger partial charge in [0, 0.05) is 9.79 Å². The van der Waals surface area contributed by atoms with Gasteiger partial charge < -0.3 is 10.4 Å². The first-order valence-corrected chi connectivity index (χ1v) is 6.41. The summed E-state index contributed by atoms with van der Waals surface area (Å²) in [5.41, 5.74) is 2.23. The van der Waals surface area contributed by atoms with Crippen LogP contribution in [0.3, 0.4) is 0 Å². The lowest BCUT2D eigenvalue weighted by molar-refractivity contribution is 0.102. The van der Waals surface area contributed by atoms with Crippen LogP contribution in [0.5, 0.6) is 0 Å². The maximum Gasteiger partial charge on any atom is 0.256 e. The van der Waals surface area contributed by atoms with Crippen molar-refractivity contribution in [3.63, 3.8) is 0 Å². The van der Waals surface area contributed by atoms with Gasteiger partial charge in [0.15, 0.2) is 0 Å². The van der Waals surface area contributed by atoms with Crippen LogP contribution < -0.4 is 5.32 Å². The summed E-state index contributed by atoms with van der Waals surface area (Å²) >= 11 is 1.56. The van der Waals surface area contributed by atoms with Crippen LogP contribution in [0.1, 0.15) is 15.9 Å². The van der Waals surface area contributed by atoms with Crippen molar-refractivity contribution in [3.8, 4) is 0 Å². The van der Waals surface area contributed by atoms with Crippen LogP contribution in [0.15, 0.2) is 52.3 Å². The fourth-order valence-corrected chi connectivity index (χ4v) is 2.92. The van der Waals surface area contributed by atoms with Gasteiger partial charge in [0.25, 0.3) is 5.91 Å². The number of hydrogen-bond acceptors (Lipinski definition) is 3. The molecule has 0 saturated heterocycles. The van der Waals surface area contributed by atoms with Crippen LogP contribution in [0.25, 0.3) is 0 Å². The molecule has 1 heterocycles. The van der Waals surface area contributed by atoms with Crippen LogP contribution in [0.2, 0.25) is 0 Å². The zero-order chi connectivity index (χ0) is 12.5. The second-order valence-electron chi connectivity index (χ2n) is 4.04. The van der Waals surface area contributed by atoms with Crippen molar-refractivity contribution in [3.05, 3.63) is 53.6 Å². The Hall–Kier alpha value is -1.78. The average molecular weight is 257 g/mol. The number of benzene rings is 2. The maximum atomic E-state index is 12.1. The van der Waals surface area contributed by atoms with Crippen LogP contribution in [0, 0.1) is 0 Å². The van der Waals surface area contributed by atoms with E-state index in [4.69, 9.17) is 5.11 Å². The van der Waals surface area contributed by atoms with Crippen molar-refractivity contribution >= 4 is 23.4 Å². The van der Waals surface area contributed by atoms with Crippen molar-refractivity contribution in [2.75, 3.05) is 5.32 Å². The monoisotopic (exact) mass is 257 g/mol. The van der Waals surface area contributed by atoms with Crippen molar-refractivity contribution in [1.29, 1.82) is 0 Å². The summed E-state index contributed by atoms with van der Waals surface area (Å²) in [5.74, 6) is -0.105. The Morgan fingerprint density at radius 3 is 2.78 bits per heavy atom. The minimum absolute atomic E-state index is 0.0270. The molecule has 0 unspecified atom stereocenters. The van der Waals surface area contributed by atoms with Gasteiger partial charge in [-0.2, -0.15) is 0 Å². The third-order valence-corrected chi connectivity index (χ3v) is 3.98. The van der Waals surface area contributed by atoms with Gasteiger partial charge in [0.2, 0.25) is 0 Å². The summed E-state index contributed by atoms with van der Waals surface area (Å²) in [5, 5.41) is 12.0. The summed E-state index contributed by atoms with van der Waals surface area (Å²) in [6.07, 6.45) is 0. The zero-order valence-corrected chi connectivity index (χ0v) is 10.3. The minimum Gasteiger partial charge on any atom is -0.392 e. The molecular weight excluding hydrogens is 246 g/mol. The fourth-order valence-electron chi connectivity index (χ4n) is 1.91. The Labute approximate surface area is 109 Å². The predicted molar refractivity (Wildman–Crippen MR) is 70.9 cm³/mol. The molecule has 90 valence electrons. The largest absolute Gasteiger partial charge is 0.392 e. The van der Waals surface area contributed by atoms with Gasteiger partial charge in [0.05, 0.1) is 17.9 Å². The molecule has 0 aliphatic carbocycles. The number of carbonyl (C=O) groups is 1. The van der Waals surface area contributed by atoms with Crippen LogP contribution in [-0.4, -0.2) is 11.0 Å². The molecule has 0 fully saturated rings. The summed E-state index contributed by atoms with van der Waals surface area (Å²) in [6.45, 7) is -0.0270. The van der Waals surface area contributed by atoms with E-state index in [1.54, 1.807) is 11.8 Å². The van der Waals surface area contributed by atoms with E-state index < -0.39 is 0 Å². The van der Waals surface area contributed by atoms with Gasteiger partial charge in [-0.1, -0.05) is 30.0 Å². The number of hydrogen-bond donors (Lipinski definition) is 2. The van der Waals surface area contributed by atoms with E-state index in [9.17, 15) is 4.79 Å². The number of aliphatic hydroxyl groups is 1. The standard InChI is InChI=1S/C14H11NO2S/c16-8-9-5-6-13-11(7-9)15-14(17)10-3-1-2-4-12(10)18-13/h1-7,16H,8H2,(H,15,17). The Morgan fingerprint density at radius 1 is 1.11 bits per heavy atom. The zero-order valence-electron chi connectivity index (χ0n) is 9.51. The maximum absolute atomic E-state index is 12.1. The van der Waals surface area contributed by atoms with Gasteiger partial charge in [-0.3, -0.25) is 4.79 Å². The van der Waals surface area contributed by atoms with Crippen LogP contribution >= 0.6 is 11.8 Å². The first kappa shape index (κ1) is 11.3. The fraction of sp³-hybridized carbons (Fsp3) is 0.0714. The van der Waals surface area contributed by atoms with Gasteiger partial charge in [0.1, 0.15) is 0 Å². The second kappa shape index (κ2) is 4.48. The number of nitrogens with one attached hydrogen (secondary N) is 1. The van der Waals surface area contributed by atoms with Gasteiger partial charge in [-0.25, -0.2) is 0 Å². The topological polar surface area (TPSA) is 49.3 Å². The first-order chi connectivity index (χ1) is 8.78. The summed E-state index contributed by atoms with van der Waals surface area (Å²) in [7, 11) is 0. The molecule has 0 atom stereocenters. The van der Waals surface area contributed by atoms with E-state index in [-0.39, 0.29) is 12.5 Å². The van der Waals surface area contributed by atoms with E-state index in [1.807, 2.05) is 42.5 Å². The van der Waals surface area contributed by atoms with E-state index >= 15 is 0 Å². The minimum atomic E-state index is -0.105. The van der Waals surface area contributed by atoms with E-state index in [2.05, 4.69) is 5.32 Å². The molecule has 1 aliphatic heterocycles. The molecule has 2 aromatic carbocycles. The van der Waals surface area contributed by atoms with Crippen molar-refractivity contribution in [1.82, 2.24) is 0 Å². The summed E-state index contributed by atoms with van der Waals surface area (Å²) in [6, 6.07) is 13.1. The van der Waals surface area contributed by atoms with Crippen LogP contribution in [0.4, 0.5) is 5.69 Å². The molecule has 0 bridgehead atoms. The third-order valence-electron chi connectivity index (χ3n) is 2.83. The van der Waals surface area contributed by atoms with Crippen molar-refractivity contribution in [2.45, 2.75) is 16.4 Å². The van der Waals surface area contributed by atoms with Crippen molar-refractivity contribution < 1.29 is 9.90 Å². The molecule has 2 N–H and O–H groups in total. The molecule has 3 rings (SSSR count). The molecule has 1 aliphatic rings. The molecule has 4 heteroatoms. The molecule has 0 spiro atoms. The number of anilines is 1. The summed E-state index contributed by atoms with van der Waals surface area (Å²) < 4.78 is 0. The Bertz CT molecular complexity index is 625. The Morgan fingerprint density at radius 2 is 1.94 bits per heavy atom. The number of carbonyl (C=O) groups excluding carboxylic acids is 1. The SMILES string of the molecule is O=C1Nc2cc(CO)ccc2Sc2ccccc21. The van der Waals surface area contributed by atoms with Gasteiger partial charge in [-0.15, -0.1) is 0 Å². The molecule has 0 aromatic heterocycles. The molecular formula is C14H11NO2S. The normalized spacial score (nSPS) is 13.3. The highest BCUT2D eigenvalue weighted by Crippen LogP contribution is 2.38. The number of aliphatic hydroxyl groups excluding tert-OH is 1. The van der Waals surface area contributed by atoms with Gasteiger partial charge in [-0.05, 0) is 29.8 Å². The van der Waals surface area contributed by atoms with Crippen molar-refractivity contribution in [2.24, 2.45) is 0 Å². The average Bonchev–Trinajstić information content (AvgIpc) is 2.54. The molecule has 0 saturated carbocycles. The summed E-state index contributed by atoms with van der Waals surface area (Å²) in [4.78, 5) is 14.0. The third kappa shape index (κ3) is 1.89. The highest BCUT2D eigenvalue weighted by atomic mass is 32.2. The predicted octanol–water partition coefficient (Wildman–Crippen LogP) is 2.90. The molecule has 3 nitrogen and oxygen atoms in total. The Balaban J connectivity index is 2.12.